The van der Waals surface area contributed by atoms with Gasteiger partial charge in [-0.25, -0.2) is 0 Å². The maximum absolute atomic E-state index is 10.6. The lowest BCUT2D eigenvalue weighted by atomic mass is 10.2. The molecule has 0 saturated carbocycles. The van der Waals surface area contributed by atoms with Gasteiger partial charge in [0.2, 0.25) is 0 Å². The van der Waals surface area contributed by atoms with Gasteiger partial charge in [0.1, 0.15) is 5.69 Å². The number of benzene rings is 1. The molecule has 0 amide bonds. The van der Waals surface area contributed by atoms with Crippen LogP contribution in [0, 0.1) is 10.1 Å². The van der Waals surface area contributed by atoms with E-state index in [0.29, 0.717) is 0 Å². The Morgan fingerprint density at radius 3 is 2.79 bits per heavy atom. The Morgan fingerprint density at radius 1 is 1.42 bits per heavy atom. The molecule has 1 saturated heterocycles. The monoisotopic (exact) mass is 265 g/mol. The minimum atomic E-state index is -0.472. The number of nitrogens with zero attached hydrogens (tertiary/aromatic N) is 2. The summed E-state index contributed by atoms with van der Waals surface area (Å²) in [6, 6.07) is 4.73. The van der Waals surface area contributed by atoms with Gasteiger partial charge in [-0.3, -0.25) is 15.0 Å². The normalized spacial score (nSPS) is 16.2. The highest BCUT2D eigenvalue weighted by Gasteiger charge is 2.11. The SMILES string of the molecule is Nc1cc(NCCN2CCNCC2)ccc1[N+](=O)[O-]. The summed E-state index contributed by atoms with van der Waals surface area (Å²) in [5, 5.41) is 17.2. The summed E-state index contributed by atoms with van der Waals surface area (Å²) in [7, 11) is 0. The quantitative estimate of drug-likeness (QED) is 0.407. The van der Waals surface area contributed by atoms with Crippen molar-refractivity contribution in [3.05, 3.63) is 28.3 Å². The third kappa shape index (κ3) is 3.80. The Balaban J connectivity index is 1.82. The van der Waals surface area contributed by atoms with E-state index < -0.39 is 4.92 Å². The first-order chi connectivity index (χ1) is 9.16. The number of nitrogens with one attached hydrogen (secondary N) is 2. The number of piperazine rings is 1. The summed E-state index contributed by atoms with van der Waals surface area (Å²) < 4.78 is 0. The topological polar surface area (TPSA) is 96.5 Å². The van der Waals surface area contributed by atoms with Gasteiger partial charge in [0.25, 0.3) is 5.69 Å². The zero-order valence-electron chi connectivity index (χ0n) is 10.8. The van der Waals surface area contributed by atoms with Crippen molar-refractivity contribution in [2.45, 2.75) is 0 Å². The standard InChI is InChI=1S/C12H19N5O2/c13-11-9-10(1-2-12(11)17(18)19)15-5-8-16-6-3-14-4-7-16/h1-2,9,14-15H,3-8,13H2. The summed E-state index contributed by atoms with van der Waals surface area (Å²) in [6.45, 7) is 5.94. The second kappa shape index (κ2) is 6.35. The van der Waals surface area contributed by atoms with Crippen LogP contribution in [0.5, 0.6) is 0 Å². The minimum Gasteiger partial charge on any atom is -0.393 e. The van der Waals surface area contributed by atoms with E-state index in [2.05, 4.69) is 15.5 Å². The van der Waals surface area contributed by atoms with Crippen molar-refractivity contribution in [1.82, 2.24) is 10.2 Å². The van der Waals surface area contributed by atoms with Crippen molar-refractivity contribution in [1.29, 1.82) is 0 Å². The Bertz CT molecular complexity index is 446. The highest BCUT2D eigenvalue weighted by Crippen LogP contribution is 2.24. The molecule has 1 aromatic carbocycles. The number of nitro groups is 1. The van der Waals surface area contributed by atoms with E-state index in [4.69, 9.17) is 5.73 Å². The molecule has 1 aromatic rings. The van der Waals surface area contributed by atoms with Crippen LogP contribution in [-0.2, 0) is 0 Å². The molecule has 0 atom stereocenters. The lowest BCUT2D eigenvalue weighted by Crippen LogP contribution is -2.45. The van der Waals surface area contributed by atoms with Gasteiger partial charge < -0.3 is 16.4 Å². The molecule has 0 aliphatic carbocycles. The van der Waals surface area contributed by atoms with Crippen LogP contribution in [0.2, 0.25) is 0 Å². The first-order valence-corrected chi connectivity index (χ1v) is 6.37. The fourth-order valence-electron chi connectivity index (χ4n) is 2.12. The van der Waals surface area contributed by atoms with Gasteiger partial charge in [0.05, 0.1) is 4.92 Å². The van der Waals surface area contributed by atoms with Crippen molar-refractivity contribution in [3.8, 4) is 0 Å². The summed E-state index contributed by atoms with van der Waals surface area (Å²) in [5.41, 5.74) is 6.60. The van der Waals surface area contributed by atoms with E-state index in [9.17, 15) is 10.1 Å². The van der Waals surface area contributed by atoms with Gasteiger partial charge in [0.15, 0.2) is 0 Å². The molecule has 1 aliphatic rings. The van der Waals surface area contributed by atoms with E-state index in [1.807, 2.05) is 0 Å². The fraction of sp³-hybridized carbons (Fsp3) is 0.500. The molecule has 0 spiro atoms. The number of hydrogen-bond donors (Lipinski definition) is 3. The molecular weight excluding hydrogens is 246 g/mol. The van der Waals surface area contributed by atoms with Crippen molar-refractivity contribution in [2.24, 2.45) is 0 Å². The lowest BCUT2D eigenvalue weighted by molar-refractivity contribution is -0.383. The fourth-order valence-corrected chi connectivity index (χ4v) is 2.12. The number of anilines is 2. The molecule has 7 heteroatoms. The maximum atomic E-state index is 10.6. The van der Waals surface area contributed by atoms with Gasteiger partial charge in [0, 0.05) is 51.0 Å². The molecule has 7 nitrogen and oxygen atoms in total. The van der Waals surface area contributed by atoms with Gasteiger partial charge in [-0.15, -0.1) is 0 Å². The van der Waals surface area contributed by atoms with Crippen LogP contribution in [0.4, 0.5) is 17.1 Å². The predicted octanol–water partition coefficient (Wildman–Crippen LogP) is 0.494. The van der Waals surface area contributed by atoms with Crippen molar-refractivity contribution < 1.29 is 4.92 Å². The van der Waals surface area contributed by atoms with Crippen LogP contribution in [-0.4, -0.2) is 49.1 Å². The Labute approximate surface area is 111 Å². The summed E-state index contributed by atoms with van der Waals surface area (Å²) in [6.07, 6.45) is 0. The van der Waals surface area contributed by atoms with Crippen LogP contribution in [0.15, 0.2) is 18.2 Å². The number of rotatable bonds is 5. The number of nitrogens with two attached hydrogens (primary N) is 1. The average molecular weight is 265 g/mol. The Kier molecular flexibility index (Phi) is 4.53. The zero-order chi connectivity index (χ0) is 13.7. The number of hydrogen-bond acceptors (Lipinski definition) is 6. The maximum Gasteiger partial charge on any atom is 0.292 e. The highest BCUT2D eigenvalue weighted by atomic mass is 16.6. The van der Waals surface area contributed by atoms with Gasteiger partial charge >= 0.3 is 0 Å². The second-order valence-electron chi connectivity index (χ2n) is 4.55. The molecule has 0 unspecified atom stereocenters. The lowest BCUT2D eigenvalue weighted by Gasteiger charge is -2.27. The minimum absolute atomic E-state index is 0.0485. The Morgan fingerprint density at radius 2 is 2.16 bits per heavy atom. The van der Waals surface area contributed by atoms with Crippen LogP contribution in [0.3, 0.4) is 0 Å². The van der Waals surface area contributed by atoms with Gasteiger partial charge in [-0.2, -0.15) is 0 Å². The van der Waals surface area contributed by atoms with Crippen LogP contribution in [0.25, 0.3) is 0 Å². The molecular formula is C12H19N5O2. The molecule has 0 radical (unpaired) electrons. The van der Waals surface area contributed by atoms with E-state index in [1.165, 1.54) is 6.07 Å². The molecule has 19 heavy (non-hydrogen) atoms. The van der Waals surface area contributed by atoms with Crippen LogP contribution >= 0.6 is 0 Å². The summed E-state index contributed by atoms with van der Waals surface area (Å²) in [5.74, 6) is 0. The van der Waals surface area contributed by atoms with Crippen molar-refractivity contribution in [2.75, 3.05) is 50.3 Å². The van der Waals surface area contributed by atoms with Crippen LogP contribution < -0.4 is 16.4 Å². The zero-order valence-corrected chi connectivity index (χ0v) is 10.8. The average Bonchev–Trinajstić information content (AvgIpc) is 2.39. The molecule has 0 aromatic heterocycles. The predicted molar refractivity (Wildman–Crippen MR) is 75.3 cm³/mol. The van der Waals surface area contributed by atoms with E-state index in [1.54, 1.807) is 12.1 Å². The molecule has 1 aliphatic heterocycles. The third-order valence-electron chi connectivity index (χ3n) is 3.19. The third-order valence-corrected chi connectivity index (χ3v) is 3.19. The molecule has 0 bridgehead atoms. The summed E-state index contributed by atoms with van der Waals surface area (Å²) >= 11 is 0. The van der Waals surface area contributed by atoms with E-state index in [0.717, 1.165) is 45.0 Å². The molecule has 104 valence electrons. The smallest absolute Gasteiger partial charge is 0.292 e. The van der Waals surface area contributed by atoms with Gasteiger partial charge in [-0.05, 0) is 12.1 Å². The summed E-state index contributed by atoms with van der Waals surface area (Å²) in [4.78, 5) is 12.5. The van der Waals surface area contributed by atoms with E-state index in [-0.39, 0.29) is 11.4 Å². The van der Waals surface area contributed by atoms with Crippen molar-refractivity contribution >= 4 is 17.1 Å². The van der Waals surface area contributed by atoms with Crippen molar-refractivity contribution in [3.63, 3.8) is 0 Å². The Hall–Kier alpha value is -1.86. The molecule has 4 N–H and O–H groups in total. The molecule has 1 heterocycles. The molecule has 2 rings (SSSR count). The number of nitro benzene ring substituents is 1. The number of nitrogen functional groups attached to an aromatic ring is 1. The molecule has 1 fully saturated rings. The first-order valence-electron chi connectivity index (χ1n) is 6.37. The largest absolute Gasteiger partial charge is 0.393 e. The van der Waals surface area contributed by atoms with Gasteiger partial charge in [-0.1, -0.05) is 0 Å². The van der Waals surface area contributed by atoms with Crippen LogP contribution in [0.1, 0.15) is 0 Å². The second-order valence-corrected chi connectivity index (χ2v) is 4.55. The highest BCUT2D eigenvalue weighted by molar-refractivity contribution is 5.65. The first kappa shape index (κ1) is 13.6. The van der Waals surface area contributed by atoms with E-state index >= 15 is 0 Å².